The molecule has 2 heteroatoms. The van der Waals surface area contributed by atoms with Crippen LogP contribution in [0.3, 0.4) is 0 Å². The van der Waals surface area contributed by atoms with Crippen LogP contribution in [-0.4, -0.2) is 31.2 Å². The van der Waals surface area contributed by atoms with Crippen LogP contribution < -0.4 is 0 Å². The third kappa shape index (κ3) is 2.22. The van der Waals surface area contributed by atoms with Gasteiger partial charge in [0.2, 0.25) is 0 Å². The molecule has 1 heterocycles. The standard InChI is InChI=1S/C9H17NO/c1-8(2)10-6-4-5-9(7-10)11-3/h9H,1,4-7H2,2-3H3. The van der Waals surface area contributed by atoms with E-state index in [1.807, 2.05) is 0 Å². The maximum atomic E-state index is 5.29. The summed E-state index contributed by atoms with van der Waals surface area (Å²) in [5, 5.41) is 0. The summed E-state index contributed by atoms with van der Waals surface area (Å²) in [4.78, 5) is 2.29. The first-order valence-corrected chi connectivity index (χ1v) is 4.17. The van der Waals surface area contributed by atoms with E-state index in [9.17, 15) is 0 Å². The fraction of sp³-hybridized carbons (Fsp3) is 0.778. The van der Waals surface area contributed by atoms with Crippen molar-refractivity contribution in [3.63, 3.8) is 0 Å². The van der Waals surface area contributed by atoms with Gasteiger partial charge in [-0.15, -0.1) is 0 Å². The molecular weight excluding hydrogens is 138 g/mol. The number of allylic oxidation sites excluding steroid dienone is 1. The van der Waals surface area contributed by atoms with E-state index in [0.29, 0.717) is 6.10 Å². The lowest BCUT2D eigenvalue weighted by Gasteiger charge is -2.33. The number of piperidine rings is 1. The van der Waals surface area contributed by atoms with Crippen LogP contribution >= 0.6 is 0 Å². The minimum Gasteiger partial charge on any atom is -0.380 e. The summed E-state index contributed by atoms with van der Waals surface area (Å²) < 4.78 is 5.29. The minimum atomic E-state index is 0.417. The molecule has 0 amide bonds. The van der Waals surface area contributed by atoms with E-state index in [4.69, 9.17) is 4.74 Å². The molecule has 2 nitrogen and oxygen atoms in total. The molecule has 0 radical (unpaired) electrons. The van der Waals surface area contributed by atoms with E-state index in [1.54, 1.807) is 7.11 Å². The van der Waals surface area contributed by atoms with Crippen molar-refractivity contribution in [1.82, 2.24) is 4.90 Å². The van der Waals surface area contributed by atoms with Gasteiger partial charge in [-0.2, -0.15) is 0 Å². The predicted octanol–water partition coefficient (Wildman–Crippen LogP) is 1.63. The third-order valence-corrected chi connectivity index (χ3v) is 2.25. The van der Waals surface area contributed by atoms with Gasteiger partial charge in [0.1, 0.15) is 0 Å². The molecule has 1 fully saturated rings. The molecule has 0 aliphatic carbocycles. The van der Waals surface area contributed by atoms with Gasteiger partial charge in [-0.05, 0) is 19.8 Å². The largest absolute Gasteiger partial charge is 0.380 e. The van der Waals surface area contributed by atoms with Crippen LogP contribution in [-0.2, 0) is 4.74 Å². The fourth-order valence-electron chi connectivity index (χ4n) is 1.48. The number of methoxy groups -OCH3 is 1. The van der Waals surface area contributed by atoms with Gasteiger partial charge in [0.15, 0.2) is 0 Å². The van der Waals surface area contributed by atoms with Crippen molar-refractivity contribution in [2.24, 2.45) is 0 Å². The molecule has 0 aromatic carbocycles. The Morgan fingerprint density at radius 2 is 2.36 bits per heavy atom. The second kappa shape index (κ2) is 3.77. The molecule has 1 aliphatic rings. The summed E-state index contributed by atoms with van der Waals surface area (Å²) in [6.45, 7) is 8.14. The Labute approximate surface area is 68.8 Å². The molecule has 0 bridgehead atoms. The van der Waals surface area contributed by atoms with Crippen LogP contribution in [0.5, 0.6) is 0 Å². The smallest absolute Gasteiger partial charge is 0.0746 e. The van der Waals surface area contributed by atoms with Crippen LogP contribution in [0, 0.1) is 0 Å². The van der Waals surface area contributed by atoms with Gasteiger partial charge in [-0.25, -0.2) is 0 Å². The Kier molecular flexibility index (Phi) is 2.94. The quantitative estimate of drug-likeness (QED) is 0.601. The molecule has 0 aromatic heterocycles. The number of rotatable bonds is 2. The van der Waals surface area contributed by atoms with Gasteiger partial charge in [-0.1, -0.05) is 6.58 Å². The molecule has 0 aromatic rings. The Balaban J connectivity index is 2.39. The van der Waals surface area contributed by atoms with Crippen LogP contribution in [0.15, 0.2) is 12.3 Å². The number of nitrogens with zero attached hydrogens (tertiary/aromatic N) is 1. The highest BCUT2D eigenvalue weighted by Crippen LogP contribution is 2.15. The molecule has 64 valence electrons. The zero-order chi connectivity index (χ0) is 8.27. The zero-order valence-corrected chi connectivity index (χ0v) is 7.47. The molecule has 1 unspecified atom stereocenters. The lowest BCUT2D eigenvalue weighted by molar-refractivity contribution is 0.0435. The normalized spacial score (nSPS) is 25.3. The van der Waals surface area contributed by atoms with E-state index >= 15 is 0 Å². The summed E-state index contributed by atoms with van der Waals surface area (Å²) in [5.74, 6) is 0. The molecule has 1 aliphatic heterocycles. The lowest BCUT2D eigenvalue weighted by atomic mass is 10.1. The summed E-state index contributed by atoms with van der Waals surface area (Å²) in [5.41, 5.74) is 1.16. The van der Waals surface area contributed by atoms with Gasteiger partial charge >= 0.3 is 0 Å². The average molecular weight is 155 g/mol. The molecule has 0 saturated carbocycles. The first-order chi connectivity index (χ1) is 5.24. The molecule has 1 saturated heterocycles. The number of ether oxygens (including phenoxy) is 1. The Hall–Kier alpha value is -0.500. The van der Waals surface area contributed by atoms with Gasteiger partial charge in [0.25, 0.3) is 0 Å². The van der Waals surface area contributed by atoms with Crippen molar-refractivity contribution in [3.8, 4) is 0 Å². The fourth-order valence-corrected chi connectivity index (χ4v) is 1.48. The Morgan fingerprint density at radius 1 is 1.64 bits per heavy atom. The van der Waals surface area contributed by atoms with Gasteiger partial charge in [-0.3, -0.25) is 0 Å². The number of likely N-dealkylation sites (tertiary alicyclic amines) is 1. The van der Waals surface area contributed by atoms with Crippen molar-refractivity contribution in [2.45, 2.75) is 25.9 Å². The van der Waals surface area contributed by atoms with Crippen LogP contribution in [0.2, 0.25) is 0 Å². The van der Waals surface area contributed by atoms with Crippen molar-refractivity contribution < 1.29 is 4.74 Å². The van der Waals surface area contributed by atoms with Crippen LogP contribution in [0.25, 0.3) is 0 Å². The van der Waals surface area contributed by atoms with E-state index in [1.165, 1.54) is 12.8 Å². The summed E-state index contributed by atoms with van der Waals surface area (Å²) in [7, 11) is 1.78. The second-order valence-electron chi connectivity index (χ2n) is 3.18. The van der Waals surface area contributed by atoms with E-state index in [2.05, 4.69) is 18.4 Å². The van der Waals surface area contributed by atoms with Gasteiger partial charge < -0.3 is 9.64 Å². The zero-order valence-electron chi connectivity index (χ0n) is 7.47. The SMILES string of the molecule is C=C(C)N1CCCC(OC)C1. The van der Waals surface area contributed by atoms with Gasteiger partial charge in [0.05, 0.1) is 6.10 Å². The third-order valence-electron chi connectivity index (χ3n) is 2.25. The van der Waals surface area contributed by atoms with Crippen molar-refractivity contribution in [2.75, 3.05) is 20.2 Å². The van der Waals surface area contributed by atoms with Crippen molar-refractivity contribution in [3.05, 3.63) is 12.3 Å². The van der Waals surface area contributed by atoms with Crippen LogP contribution in [0.1, 0.15) is 19.8 Å². The molecule has 1 atom stereocenters. The highest BCUT2D eigenvalue weighted by molar-refractivity contribution is 4.91. The molecule has 0 spiro atoms. The Bertz CT molecular complexity index is 144. The van der Waals surface area contributed by atoms with E-state index in [0.717, 1.165) is 18.8 Å². The highest BCUT2D eigenvalue weighted by atomic mass is 16.5. The maximum absolute atomic E-state index is 5.29. The minimum absolute atomic E-state index is 0.417. The van der Waals surface area contributed by atoms with Crippen molar-refractivity contribution in [1.29, 1.82) is 0 Å². The lowest BCUT2D eigenvalue weighted by Crippen LogP contribution is -2.37. The topological polar surface area (TPSA) is 12.5 Å². The van der Waals surface area contributed by atoms with E-state index < -0.39 is 0 Å². The molecular formula is C9H17NO. The molecule has 11 heavy (non-hydrogen) atoms. The van der Waals surface area contributed by atoms with Crippen LogP contribution in [0.4, 0.5) is 0 Å². The number of hydrogen-bond acceptors (Lipinski definition) is 2. The number of hydrogen-bond donors (Lipinski definition) is 0. The highest BCUT2D eigenvalue weighted by Gasteiger charge is 2.18. The summed E-state index contributed by atoms with van der Waals surface area (Å²) in [6.07, 6.45) is 2.84. The second-order valence-corrected chi connectivity index (χ2v) is 3.18. The average Bonchev–Trinajstić information content (AvgIpc) is 2.05. The summed E-state index contributed by atoms with van der Waals surface area (Å²) >= 11 is 0. The van der Waals surface area contributed by atoms with Gasteiger partial charge in [0, 0.05) is 25.9 Å². The first kappa shape index (κ1) is 8.60. The van der Waals surface area contributed by atoms with Crippen molar-refractivity contribution >= 4 is 0 Å². The predicted molar refractivity (Wildman–Crippen MR) is 46.4 cm³/mol. The first-order valence-electron chi connectivity index (χ1n) is 4.17. The summed E-state index contributed by atoms with van der Waals surface area (Å²) in [6, 6.07) is 0. The Morgan fingerprint density at radius 3 is 2.91 bits per heavy atom. The molecule has 0 N–H and O–H groups in total. The monoisotopic (exact) mass is 155 g/mol. The molecule has 1 rings (SSSR count). The maximum Gasteiger partial charge on any atom is 0.0746 e. The van der Waals surface area contributed by atoms with E-state index in [-0.39, 0.29) is 0 Å².